The molecule has 0 radical (unpaired) electrons. The van der Waals surface area contributed by atoms with E-state index >= 15 is 0 Å². The van der Waals surface area contributed by atoms with Crippen LogP contribution in [0.4, 0.5) is 0 Å². The van der Waals surface area contributed by atoms with Crippen molar-refractivity contribution in [3.63, 3.8) is 0 Å². The highest BCUT2D eigenvalue weighted by Gasteiger charge is 2.20. The number of fused-ring (bicyclic) bond motifs is 1. The minimum Gasteiger partial charge on any atom is -0.464 e. The van der Waals surface area contributed by atoms with Gasteiger partial charge in [0, 0.05) is 42.1 Å². The smallest absolute Gasteiger partial charge is 0.354 e. The van der Waals surface area contributed by atoms with Gasteiger partial charge in [0.05, 0.1) is 12.6 Å². The van der Waals surface area contributed by atoms with Crippen molar-refractivity contribution >= 4 is 38.7 Å². The molecule has 168 valence electrons. The molecule has 1 aromatic heterocycles. The van der Waals surface area contributed by atoms with Gasteiger partial charge >= 0.3 is 5.97 Å². The van der Waals surface area contributed by atoms with E-state index in [9.17, 15) is 9.59 Å². The fraction of sp³-hybridized carbons (Fsp3) is 0.154. The SMILES string of the molecule is COC(=O)c1cc2c(Br)cc(Oc3ccccc3)cc2n1Cc1cccc(C(=O)N(C)C)c1. The lowest BCUT2D eigenvalue weighted by Gasteiger charge is -2.14. The van der Waals surface area contributed by atoms with Crippen LogP contribution in [0.5, 0.6) is 11.5 Å². The van der Waals surface area contributed by atoms with Crippen LogP contribution in [-0.2, 0) is 11.3 Å². The number of halogens is 1. The number of hydrogen-bond acceptors (Lipinski definition) is 4. The molecular weight excluding hydrogens is 484 g/mol. The summed E-state index contributed by atoms with van der Waals surface area (Å²) in [4.78, 5) is 26.5. The Balaban J connectivity index is 1.80. The van der Waals surface area contributed by atoms with Gasteiger partial charge in [-0.25, -0.2) is 4.79 Å². The molecule has 0 spiro atoms. The highest BCUT2D eigenvalue weighted by molar-refractivity contribution is 9.10. The summed E-state index contributed by atoms with van der Waals surface area (Å²) >= 11 is 3.62. The number of carbonyl (C=O) groups excluding carboxylic acids is 2. The maximum absolute atomic E-state index is 12.6. The molecule has 0 fully saturated rings. The van der Waals surface area contributed by atoms with Gasteiger partial charge in [-0.2, -0.15) is 0 Å². The van der Waals surface area contributed by atoms with Gasteiger partial charge in [0.1, 0.15) is 17.2 Å². The summed E-state index contributed by atoms with van der Waals surface area (Å²) in [6.45, 7) is 0.379. The predicted octanol–water partition coefficient (Wildman–Crippen LogP) is 5.73. The number of ether oxygens (including phenoxy) is 2. The third-order valence-electron chi connectivity index (χ3n) is 5.24. The molecule has 1 heterocycles. The second-order valence-electron chi connectivity index (χ2n) is 7.76. The molecule has 3 aromatic carbocycles. The molecule has 0 unspecified atom stereocenters. The summed E-state index contributed by atoms with van der Waals surface area (Å²) in [6, 6.07) is 22.5. The van der Waals surface area contributed by atoms with E-state index < -0.39 is 5.97 Å². The van der Waals surface area contributed by atoms with Gasteiger partial charge in [-0.1, -0.05) is 30.3 Å². The Bertz CT molecular complexity index is 1330. The van der Waals surface area contributed by atoms with Crippen molar-refractivity contribution in [3.8, 4) is 11.5 Å². The van der Waals surface area contributed by atoms with E-state index in [1.54, 1.807) is 26.2 Å². The largest absolute Gasteiger partial charge is 0.464 e. The number of benzene rings is 3. The monoisotopic (exact) mass is 506 g/mol. The van der Waals surface area contributed by atoms with Crippen LogP contribution in [0.3, 0.4) is 0 Å². The quantitative estimate of drug-likeness (QED) is 0.313. The molecule has 0 N–H and O–H groups in total. The normalized spacial score (nSPS) is 10.8. The molecule has 1 amide bonds. The van der Waals surface area contributed by atoms with Gasteiger partial charge < -0.3 is 18.9 Å². The molecule has 4 rings (SSSR count). The molecule has 33 heavy (non-hydrogen) atoms. The van der Waals surface area contributed by atoms with E-state index in [2.05, 4.69) is 15.9 Å². The standard InChI is InChI=1S/C26H23BrN2O4/c1-28(2)25(30)18-9-7-8-17(12-18)16-29-23-14-20(33-19-10-5-4-6-11-19)13-22(27)21(23)15-24(29)26(31)32-3/h4-15H,16H2,1-3H3. The van der Waals surface area contributed by atoms with E-state index in [4.69, 9.17) is 9.47 Å². The lowest BCUT2D eigenvalue weighted by molar-refractivity contribution is 0.0589. The summed E-state index contributed by atoms with van der Waals surface area (Å²) in [5.74, 6) is 0.825. The van der Waals surface area contributed by atoms with E-state index in [0.29, 0.717) is 29.3 Å². The molecule has 4 aromatic rings. The van der Waals surface area contributed by atoms with Gasteiger partial charge in [0.15, 0.2) is 0 Å². The Hall–Kier alpha value is -3.58. The van der Waals surface area contributed by atoms with Crippen LogP contribution in [0.15, 0.2) is 77.3 Å². The molecule has 0 aliphatic heterocycles. The summed E-state index contributed by atoms with van der Waals surface area (Å²) in [5, 5.41) is 0.858. The van der Waals surface area contributed by atoms with Gasteiger partial charge in [-0.05, 0) is 57.9 Å². The fourth-order valence-electron chi connectivity index (χ4n) is 3.66. The second-order valence-corrected chi connectivity index (χ2v) is 8.61. The van der Waals surface area contributed by atoms with Gasteiger partial charge in [0.2, 0.25) is 0 Å². The first-order valence-corrected chi connectivity index (χ1v) is 11.1. The average Bonchev–Trinajstić information content (AvgIpc) is 3.17. The van der Waals surface area contributed by atoms with E-state index in [1.807, 2.05) is 65.2 Å². The predicted molar refractivity (Wildman–Crippen MR) is 131 cm³/mol. The summed E-state index contributed by atoms with van der Waals surface area (Å²) in [7, 11) is 4.80. The van der Waals surface area contributed by atoms with Crippen LogP contribution in [0.2, 0.25) is 0 Å². The number of nitrogens with zero attached hydrogens (tertiary/aromatic N) is 2. The Labute approximate surface area is 200 Å². The van der Waals surface area contributed by atoms with Crippen LogP contribution >= 0.6 is 15.9 Å². The maximum atomic E-state index is 12.6. The number of amides is 1. The van der Waals surface area contributed by atoms with Crippen LogP contribution in [-0.4, -0.2) is 42.5 Å². The van der Waals surface area contributed by atoms with Crippen LogP contribution in [0, 0.1) is 0 Å². The Morgan fingerprint density at radius 1 is 0.939 bits per heavy atom. The summed E-state index contributed by atoms with van der Waals surface area (Å²) in [6.07, 6.45) is 0. The first-order chi connectivity index (χ1) is 15.9. The Kier molecular flexibility index (Phi) is 6.51. The van der Waals surface area contributed by atoms with Crippen LogP contribution < -0.4 is 4.74 Å². The maximum Gasteiger partial charge on any atom is 0.354 e. The minimum absolute atomic E-state index is 0.0799. The molecule has 0 aliphatic carbocycles. The average molecular weight is 507 g/mol. The molecule has 0 saturated heterocycles. The van der Waals surface area contributed by atoms with Crippen molar-refractivity contribution in [2.24, 2.45) is 0 Å². The molecule has 7 heteroatoms. The van der Waals surface area contributed by atoms with Crippen molar-refractivity contribution in [1.82, 2.24) is 9.47 Å². The highest BCUT2D eigenvalue weighted by atomic mass is 79.9. The number of aromatic nitrogens is 1. The number of carbonyl (C=O) groups is 2. The van der Waals surface area contributed by atoms with E-state index in [0.717, 1.165) is 20.9 Å². The topological polar surface area (TPSA) is 60.8 Å². The third-order valence-corrected chi connectivity index (χ3v) is 5.89. The van der Waals surface area contributed by atoms with Gasteiger partial charge in [-0.15, -0.1) is 0 Å². The van der Waals surface area contributed by atoms with Crippen molar-refractivity contribution in [1.29, 1.82) is 0 Å². The molecule has 0 saturated carbocycles. The molecule has 0 aliphatic rings. The van der Waals surface area contributed by atoms with E-state index in [-0.39, 0.29) is 5.91 Å². The van der Waals surface area contributed by atoms with E-state index in [1.165, 1.54) is 12.0 Å². The molecule has 0 atom stereocenters. The third kappa shape index (κ3) is 4.78. The number of hydrogen-bond donors (Lipinski definition) is 0. The van der Waals surface area contributed by atoms with Gasteiger partial charge in [0.25, 0.3) is 5.91 Å². The molecule has 0 bridgehead atoms. The summed E-state index contributed by atoms with van der Waals surface area (Å²) < 4.78 is 13.7. The minimum atomic E-state index is -0.441. The first kappa shape index (κ1) is 22.6. The zero-order valence-electron chi connectivity index (χ0n) is 18.5. The van der Waals surface area contributed by atoms with Gasteiger partial charge in [-0.3, -0.25) is 4.79 Å². The van der Waals surface area contributed by atoms with Crippen molar-refractivity contribution in [2.45, 2.75) is 6.54 Å². The number of para-hydroxylation sites is 1. The molecular formula is C26H23BrN2O4. The number of rotatable bonds is 6. The van der Waals surface area contributed by atoms with Crippen molar-refractivity contribution < 1.29 is 19.1 Å². The lowest BCUT2D eigenvalue weighted by Crippen LogP contribution is -2.21. The summed E-state index contributed by atoms with van der Waals surface area (Å²) in [5.41, 5.74) is 2.69. The zero-order valence-corrected chi connectivity index (χ0v) is 20.1. The lowest BCUT2D eigenvalue weighted by atomic mass is 10.1. The Morgan fingerprint density at radius 2 is 1.70 bits per heavy atom. The second kappa shape index (κ2) is 9.50. The number of esters is 1. The zero-order chi connectivity index (χ0) is 23.5. The Morgan fingerprint density at radius 3 is 2.39 bits per heavy atom. The first-order valence-electron chi connectivity index (χ1n) is 10.3. The van der Waals surface area contributed by atoms with Crippen LogP contribution in [0.1, 0.15) is 26.4 Å². The highest BCUT2D eigenvalue weighted by Crippen LogP contribution is 2.35. The fourth-order valence-corrected chi connectivity index (χ4v) is 4.20. The van der Waals surface area contributed by atoms with Crippen LogP contribution in [0.25, 0.3) is 10.9 Å². The van der Waals surface area contributed by atoms with Crippen molar-refractivity contribution in [3.05, 3.63) is 94.1 Å². The van der Waals surface area contributed by atoms with Crippen molar-refractivity contribution in [2.75, 3.05) is 21.2 Å². The molecule has 6 nitrogen and oxygen atoms in total. The number of methoxy groups -OCH3 is 1.